The van der Waals surface area contributed by atoms with Crippen molar-refractivity contribution in [2.45, 2.75) is 19.6 Å². The van der Waals surface area contributed by atoms with E-state index in [0.717, 1.165) is 4.47 Å². The largest absolute Gasteiger partial charge is 0.488 e. The molecule has 0 bridgehead atoms. The number of halogens is 2. The molecule has 0 heterocycles. The van der Waals surface area contributed by atoms with Crippen LogP contribution < -0.4 is 4.74 Å². The predicted octanol–water partition coefficient (Wildman–Crippen LogP) is 4.09. The molecule has 0 amide bonds. The summed E-state index contributed by atoms with van der Waals surface area (Å²) < 4.78 is 20.4. The summed E-state index contributed by atoms with van der Waals surface area (Å²) in [6.07, 6.45) is -0.691. The number of hydrogen-bond donors (Lipinski definition) is 1. The number of nitriles is 1. The van der Waals surface area contributed by atoms with Gasteiger partial charge in [0.25, 0.3) is 0 Å². The van der Waals surface area contributed by atoms with Crippen LogP contribution in [0.2, 0.25) is 0 Å². The molecule has 3 nitrogen and oxygen atoms in total. The van der Waals surface area contributed by atoms with Crippen molar-refractivity contribution in [2.75, 3.05) is 0 Å². The van der Waals surface area contributed by atoms with Gasteiger partial charge in [0, 0.05) is 15.6 Å². The second-order valence-corrected chi connectivity index (χ2v) is 5.45. The normalized spacial score (nSPS) is 11.8. The number of benzene rings is 2. The van der Waals surface area contributed by atoms with Crippen molar-refractivity contribution >= 4 is 15.9 Å². The zero-order valence-corrected chi connectivity index (χ0v) is 12.9. The molecule has 0 aromatic heterocycles. The van der Waals surface area contributed by atoms with Crippen molar-refractivity contribution in [1.29, 1.82) is 5.26 Å². The number of aliphatic hydroxyl groups is 1. The molecule has 1 atom stereocenters. The molecule has 2 rings (SSSR count). The molecule has 108 valence electrons. The minimum Gasteiger partial charge on any atom is -0.488 e. The third-order valence-electron chi connectivity index (χ3n) is 3.01. The molecule has 0 aliphatic heterocycles. The Bertz CT molecular complexity index is 695. The van der Waals surface area contributed by atoms with E-state index in [1.54, 1.807) is 43.3 Å². The third kappa shape index (κ3) is 3.60. The minimum absolute atomic E-state index is 0.0129. The molecule has 0 aliphatic rings. The molecule has 0 radical (unpaired) electrons. The van der Waals surface area contributed by atoms with E-state index in [0.29, 0.717) is 16.9 Å². The second kappa shape index (κ2) is 6.70. The highest BCUT2D eigenvalue weighted by Gasteiger charge is 2.12. The first-order valence-electron chi connectivity index (χ1n) is 6.30. The van der Waals surface area contributed by atoms with Gasteiger partial charge in [0.1, 0.15) is 24.2 Å². The number of ether oxygens (including phenoxy) is 1. The van der Waals surface area contributed by atoms with Crippen molar-refractivity contribution in [3.8, 4) is 11.8 Å². The van der Waals surface area contributed by atoms with E-state index in [2.05, 4.69) is 15.9 Å². The molecule has 2 aromatic rings. The van der Waals surface area contributed by atoms with Crippen LogP contribution in [0.1, 0.15) is 29.7 Å². The van der Waals surface area contributed by atoms with E-state index in [-0.39, 0.29) is 12.2 Å². The van der Waals surface area contributed by atoms with E-state index in [9.17, 15) is 9.50 Å². The monoisotopic (exact) mass is 349 g/mol. The van der Waals surface area contributed by atoms with Gasteiger partial charge in [0.2, 0.25) is 0 Å². The summed E-state index contributed by atoms with van der Waals surface area (Å²) in [6, 6.07) is 11.6. The van der Waals surface area contributed by atoms with Gasteiger partial charge in [0.15, 0.2) is 0 Å². The Hall–Kier alpha value is -1.90. The van der Waals surface area contributed by atoms with Gasteiger partial charge in [0.05, 0.1) is 11.7 Å². The summed E-state index contributed by atoms with van der Waals surface area (Å²) in [6.45, 7) is 1.62. The standard InChI is InChI=1S/C16H13BrFNO2/c1-10(20)14-6-5-13(17)7-15(14)21-9-12-4-2-3-11(8-19)16(12)18/h2-7,10,20H,9H2,1H3/t10-/m0/s1. The Labute approximate surface area is 130 Å². The van der Waals surface area contributed by atoms with Crippen molar-refractivity contribution in [1.82, 2.24) is 0 Å². The molecule has 21 heavy (non-hydrogen) atoms. The SMILES string of the molecule is C[C@H](O)c1ccc(Br)cc1OCc1cccc(C#N)c1F. The summed E-state index contributed by atoms with van der Waals surface area (Å²) in [5.74, 6) is -0.102. The Morgan fingerprint density at radius 1 is 1.38 bits per heavy atom. The van der Waals surface area contributed by atoms with Crippen molar-refractivity contribution in [3.63, 3.8) is 0 Å². The van der Waals surface area contributed by atoms with Crippen LogP contribution in [0.15, 0.2) is 40.9 Å². The van der Waals surface area contributed by atoms with E-state index < -0.39 is 11.9 Å². The number of hydrogen-bond acceptors (Lipinski definition) is 3. The fourth-order valence-corrected chi connectivity index (χ4v) is 2.25. The van der Waals surface area contributed by atoms with Gasteiger partial charge >= 0.3 is 0 Å². The molecule has 0 spiro atoms. The molecular weight excluding hydrogens is 337 g/mol. The van der Waals surface area contributed by atoms with Crippen molar-refractivity contribution in [3.05, 3.63) is 63.4 Å². The molecule has 0 aliphatic carbocycles. The lowest BCUT2D eigenvalue weighted by Gasteiger charge is -2.14. The number of rotatable bonds is 4. The average Bonchev–Trinajstić information content (AvgIpc) is 2.46. The van der Waals surface area contributed by atoms with Gasteiger partial charge in [-0.1, -0.05) is 34.1 Å². The second-order valence-electron chi connectivity index (χ2n) is 4.54. The fourth-order valence-electron chi connectivity index (χ4n) is 1.91. The van der Waals surface area contributed by atoms with Gasteiger partial charge in [-0.05, 0) is 25.1 Å². The van der Waals surface area contributed by atoms with Crippen LogP contribution in [0.25, 0.3) is 0 Å². The fraction of sp³-hybridized carbons (Fsp3) is 0.188. The van der Waals surface area contributed by atoms with E-state index in [1.807, 2.05) is 0 Å². The van der Waals surface area contributed by atoms with E-state index >= 15 is 0 Å². The first kappa shape index (κ1) is 15.5. The molecule has 0 saturated heterocycles. The molecule has 0 unspecified atom stereocenters. The Balaban J connectivity index is 2.25. The molecule has 2 aromatic carbocycles. The summed E-state index contributed by atoms with van der Waals surface area (Å²) in [7, 11) is 0. The lowest BCUT2D eigenvalue weighted by Crippen LogP contribution is -2.03. The lowest BCUT2D eigenvalue weighted by atomic mass is 10.1. The first-order chi connectivity index (χ1) is 10.0. The van der Waals surface area contributed by atoms with Gasteiger partial charge < -0.3 is 9.84 Å². The van der Waals surface area contributed by atoms with Crippen LogP contribution in [-0.4, -0.2) is 5.11 Å². The quantitative estimate of drug-likeness (QED) is 0.904. The summed E-state index contributed by atoms with van der Waals surface area (Å²) in [5.41, 5.74) is 0.904. The topological polar surface area (TPSA) is 53.2 Å². The van der Waals surface area contributed by atoms with E-state index in [4.69, 9.17) is 10.00 Å². The summed E-state index contributed by atoms with van der Waals surface area (Å²) in [5, 5.41) is 18.5. The van der Waals surface area contributed by atoms with Crippen molar-refractivity contribution in [2.24, 2.45) is 0 Å². The molecule has 0 saturated carbocycles. The molecule has 5 heteroatoms. The molecular formula is C16H13BrFNO2. The minimum atomic E-state index is -0.691. The average molecular weight is 350 g/mol. The maximum Gasteiger partial charge on any atom is 0.147 e. The highest BCUT2D eigenvalue weighted by atomic mass is 79.9. The van der Waals surface area contributed by atoms with Crippen LogP contribution in [-0.2, 0) is 6.61 Å². The summed E-state index contributed by atoms with van der Waals surface area (Å²) in [4.78, 5) is 0. The number of aliphatic hydroxyl groups excluding tert-OH is 1. The molecule has 0 fully saturated rings. The zero-order chi connectivity index (χ0) is 15.4. The maximum absolute atomic E-state index is 14.0. The third-order valence-corrected chi connectivity index (χ3v) is 3.50. The summed E-state index contributed by atoms with van der Waals surface area (Å²) >= 11 is 3.33. The lowest BCUT2D eigenvalue weighted by molar-refractivity contribution is 0.190. The van der Waals surface area contributed by atoms with Gasteiger partial charge in [-0.15, -0.1) is 0 Å². The van der Waals surface area contributed by atoms with Crippen LogP contribution in [0.5, 0.6) is 5.75 Å². The van der Waals surface area contributed by atoms with Crippen LogP contribution in [0.3, 0.4) is 0 Å². The first-order valence-corrected chi connectivity index (χ1v) is 7.10. The van der Waals surface area contributed by atoms with Gasteiger partial charge in [-0.3, -0.25) is 0 Å². The van der Waals surface area contributed by atoms with E-state index in [1.165, 1.54) is 6.07 Å². The van der Waals surface area contributed by atoms with Crippen LogP contribution >= 0.6 is 15.9 Å². The Kier molecular flexibility index (Phi) is 4.94. The Morgan fingerprint density at radius 3 is 2.81 bits per heavy atom. The van der Waals surface area contributed by atoms with Crippen molar-refractivity contribution < 1.29 is 14.2 Å². The smallest absolute Gasteiger partial charge is 0.147 e. The highest BCUT2D eigenvalue weighted by molar-refractivity contribution is 9.10. The number of nitrogens with zero attached hydrogens (tertiary/aromatic N) is 1. The van der Waals surface area contributed by atoms with Crippen LogP contribution in [0, 0.1) is 17.1 Å². The van der Waals surface area contributed by atoms with Gasteiger partial charge in [-0.25, -0.2) is 4.39 Å². The highest BCUT2D eigenvalue weighted by Crippen LogP contribution is 2.29. The van der Waals surface area contributed by atoms with Crippen LogP contribution in [0.4, 0.5) is 4.39 Å². The predicted molar refractivity (Wildman–Crippen MR) is 80.2 cm³/mol. The Morgan fingerprint density at radius 2 is 2.14 bits per heavy atom. The zero-order valence-electron chi connectivity index (χ0n) is 11.3. The van der Waals surface area contributed by atoms with Gasteiger partial charge in [-0.2, -0.15) is 5.26 Å². The molecule has 1 N–H and O–H groups in total. The maximum atomic E-state index is 14.0.